The highest BCUT2D eigenvalue weighted by molar-refractivity contribution is 9.10. The zero-order valence-corrected chi connectivity index (χ0v) is 12.8. The lowest BCUT2D eigenvalue weighted by Gasteiger charge is -2.41. The number of aryl methyl sites for hydroxylation is 1. The van der Waals surface area contributed by atoms with Crippen molar-refractivity contribution >= 4 is 21.7 Å². The zero-order valence-electron chi connectivity index (χ0n) is 11.2. The molecule has 18 heavy (non-hydrogen) atoms. The van der Waals surface area contributed by atoms with E-state index in [-0.39, 0.29) is 11.3 Å². The second kappa shape index (κ2) is 5.13. The summed E-state index contributed by atoms with van der Waals surface area (Å²) >= 11 is 3.43. The molecule has 0 amide bonds. The smallest absolute Gasteiger partial charge is 0.202 e. The number of ketones is 1. The molecule has 0 radical (unpaired) electrons. The number of aromatic nitrogens is 2. The van der Waals surface area contributed by atoms with Crippen LogP contribution in [0, 0.1) is 0 Å². The Balaban J connectivity index is 2.41. The van der Waals surface area contributed by atoms with E-state index in [1.54, 1.807) is 10.9 Å². The molecule has 1 fully saturated rings. The monoisotopic (exact) mass is 313 g/mol. The molecule has 0 N–H and O–H groups in total. The van der Waals surface area contributed by atoms with Gasteiger partial charge in [-0.1, -0.05) is 19.3 Å². The number of hydrogen-bond acceptors (Lipinski definition) is 3. The molecule has 2 rings (SSSR count). The molecule has 0 spiro atoms. The summed E-state index contributed by atoms with van der Waals surface area (Å²) in [6.45, 7) is 0. The van der Waals surface area contributed by atoms with Gasteiger partial charge in [0.1, 0.15) is 5.69 Å². The van der Waals surface area contributed by atoms with E-state index in [9.17, 15) is 4.79 Å². The Morgan fingerprint density at radius 1 is 1.39 bits per heavy atom. The van der Waals surface area contributed by atoms with Crippen LogP contribution in [0.1, 0.15) is 42.6 Å². The van der Waals surface area contributed by atoms with Crippen LogP contribution in [-0.4, -0.2) is 40.1 Å². The van der Waals surface area contributed by atoms with Gasteiger partial charge < -0.3 is 0 Å². The Hall–Kier alpha value is -0.680. The summed E-state index contributed by atoms with van der Waals surface area (Å²) < 4.78 is 2.47. The molecule has 1 aromatic rings. The normalized spacial score (nSPS) is 19.2. The molecule has 1 aliphatic carbocycles. The van der Waals surface area contributed by atoms with Crippen molar-refractivity contribution in [3.05, 3.63) is 16.4 Å². The largest absolute Gasteiger partial charge is 0.297 e. The van der Waals surface area contributed by atoms with E-state index in [1.165, 1.54) is 6.42 Å². The average Bonchev–Trinajstić information content (AvgIpc) is 2.69. The molecule has 0 aliphatic heterocycles. The van der Waals surface area contributed by atoms with Gasteiger partial charge in [0, 0.05) is 7.05 Å². The fraction of sp³-hybridized carbons (Fsp3) is 0.692. The lowest BCUT2D eigenvalue weighted by Crippen LogP contribution is -2.53. The Kier molecular flexibility index (Phi) is 3.92. The van der Waals surface area contributed by atoms with Gasteiger partial charge in [0.2, 0.25) is 5.78 Å². The van der Waals surface area contributed by atoms with Gasteiger partial charge in [0.25, 0.3) is 0 Å². The van der Waals surface area contributed by atoms with E-state index in [0.29, 0.717) is 5.69 Å². The fourth-order valence-electron chi connectivity index (χ4n) is 2.90. The van der Waals surface area contributed by atoms with Crippen LogP contribution < -0.4 is 0 Å². The number of rotatable bonds is 3. The van der Waals surface area contributed by atoms with Gasteiger partial charge in [0.15, 0.2) is 0 Å². The molecule has 1 saturated carbocycles. The first kappa shape index (κ1) is 13.7. The summed E-state index contributed by atoms with van der Waals surface area (Å²) in [5, 5.41) is 4.15. The molecule has 0 saturated heterocycles. The maximum absolute atomic E-state index is 12.9. The lowest BCUT2D eigenvalue weighted by molar-refractivity contribution is 0.0552. The van der Waals surface area contributed by atoms with E-state index < -0.39 is 0 Å². The molecule has 100 valence electrons. The van der Waals surface area contributed by atoms with Gasteiger partial charge in [-0.3, -0.25) is 14.4 Å². The highest BCUT2D eigenvalue weighted by Crippen LogP contribution is 2.36. The fourth-order valence-corrected chi connectivity index (χ4v) is 3.43. The lowest BCUT2D eigenvalue weighted by atomic mass is 9.76. The first-order valence-electron chi connectivity index (χ1n) is 6.39. The summed E-state index contributed by atoms with van der Waals surface area (Å²) in [5.74, 6) is 0.194. The molecule has 0 unspecified atom stereocenters. The summed E-state index contributed by atoms with van der Waals surface area (Å²) in [6, 6.07) is 0. The van der Waals surface area contributed by atoms with Gasteiger partial charge in [-0.05, 0) is 42.9 Å². The first-order valence-corrected chi connectivity index (χ1v) is 7.18. The molecule has 5 heteroatoms. The van der Waals surface area contributed by atoms with Gasteiger partial charge in [0.05, 0.1) is 16.2 Å². The number of halogens is 1. The first-order chi connectivity index (χ1) is 8.49. The van der Waals surface area contributed by atoms with Crippen molar-refractivity contribution in [2.75, 3.05) is 14.1 Å². The minimum Gasteiger partial charge on any atom is -0.297 e. The summed E-state index contributed by atoms with van der Waals surface area (Å²) in [5.41, 5.74) is 0.333. The number of nitrogens with zero attached hydrogens (tertiary/aromatic N) is 3. The molecular weight excluding hydrogens is 294 g/mol. The molecule has 1 aromatic heterocycles. The third-order valence-electron chi connectivity index (χ3n) is 4.07. The molecule has 0 bridgehead atoms. The summed E-state index contributed by atoms with van der Waals surface area (Å²) in [6.07, 6.45) is 7.06. The number of Topliss-reactive ketones (excluding diaryl/α,β-unsaturated/α-hetero) is 1. The zero-order chi connectivity index (χ0) is 13.3. The maximum atomic E-state index is 12.9. The Morgan fingerprint density at radius 3 is 2.44 bits per heavy atom. The second-order valence-electron chi connectivity index (χ2n) is 5.28. The quantitative estimate of drug-likeness (QED) is 0.805. The molecule has 1 heterocycles. The highest BCUT2D eigenvalue weighted by Gasteiger charge is 2.43. The third kappa shape index (κ3) is 2.14. The Labute approximate surface area is 116 Å². The van der Waals surface area contributed by atoms with Gasteiger partial charge in [-0.2, -0.15) is 5.10 Å². The minimum atomic E-state index is -0.353. The van der Waals surface area contributed by atoms with Crippen molar-refractivity contribution < 1.29 is 4.79 Å². The van der Waals surface area contributed by atoms with Gasteiger partial charge in [-0.15, -0.1) is 0 Å². The number of hydrogen-bond donors (Lipinski definition) is 0. The molecule has 0 atom stereocenters. The van der Waals surface area contributed by atoms with Crippen LogP contribution in [0.5, 0.6) is 0 Å². The van der Waals surface area contributed by atoms with Crippen LogP contribution >= 0.6 is 15.9 Å². The Bertz CT molecular complexity index is 428. The molecule has 1 aliphatic rings. The third-order valence-corrected chi connectivity index (χ3v) is 4.65. The Morgan fingerprint density at radius 2 is 2.00 bits per heavy atom. The summed E-state index contributed by atoms with van der Waals surface area (Å²) in [4.78, 5) is 15.0. The average molecular weight is 314 g/mol. The second-order valence-corrected chi connectivity index (χ2v) is 6.13. The van der Waals surface area contributed by atoms with Crippen LogP contribution in [0.15, 0.2) is 10.7 Å². The number of likely N-dealkylation sites (N-methyl/N-ethyl adjacent to an activating group) is 1. The standard InChI is InChI=1S/C13H20BrN3O/c1-16(2)13(7-5-4-6-8-13)12(18)11-10(14)9-15-17(11)3/h9H,4-8H2,1-3H3. The van der Waals surface area contributed by atoms with Crippen LogP contribution in [-0.2, 0) is 7.05 Å². The van der Waals surface area contributed by atoms with Crippen molar-refractivity contribution in [3.63, 3.8) is 0 Å². The van der Waals surface area contributed by atoms with Crippen LogP contribution in [0.25, 0.3) is 0 Å². The van der Waals surface area contributed by atoms with Crippen LogP contribution in [0.2, 0.25) is 0 Å². The van der Waals surface area contributed by atoms with E-state index in [0.717, 1.165) is 30.2 Å². The van der Waals surface area contributed by atoms with Crippen molar-refractivity contribution in [1.82, 2.24) is 14.7 Å². The van der Waals surface area contributed by atoms with Crippen molar-refractivity contribution in [1.29, 1.82) is 0 Å². The van der Waals surface area contributed by atoms with Crippen molar-refractivity contribution in [2.45, 2.75) is 37.6 Å². The van der Waals surface area contributed by atoms with Gasteiger partial charge >= 0.3 is 0 Å². The van der Waals surface area contributed by atoms with Crippen molar-refractivity contribution in [3.8, 4) is 0 Å². The predicted octanol–water partition coefficient (Wildman–Crippen LogP) is 2.63. The van der Waals surface area contributed by atoms with Crippen LogP contribution in [0.3, 0.4) is 0 Å². The van der Waals surface area contributed by atoms with E-state index >= 15 is 0 Å². The van der Waals surface area contributed by atoms with E-state index in [4.69, 9.17) is 0 Å². The summed E-state index contributed by atoms with van der Waals surface area (Å²) in [7, 11) is 5.84. The maximum Gasteiger partial charge on any atom is 0.202 e. The number of carbonyl (C=O) groups excluding carboxylic acids is 1. The van der Waals surface area contributed by atoms with E-state index in [2.05, 4.69) is 25.9 Å². The van der Waals surface area contributed by atoms with Gasteiger partial charge in [-0.25, -0.2) is 0 Å². The topological polar surface area (TPSA) is 38.1 Å². The SMILES string of the molecule is CN(C)C1(C(=O)c2c(Br)cnn2C)CCCCC1. The predicted molar refractivity (Wildman–Crippen MR) is 74.7 cm³/mol. The van der Waals surface area contributed by atoms with E-state index in [1.807, 2.05) is 21.1 Å². The number of carbonyl (C=O) groups is 1. The molecule has 0 aromatic carbocycles. The van der Waals surface area contributed by atoms with Crippen LogP contribution in [0.4, 0.5) is 0 Å². The molecule has 4 nitrogen and oxygen atoms in total. The minimum absolute atomic E-state index is 0.194. The molecular formula is C13H20BrN3O. The van der Waals surface area contributed by atoms with Crippen molar-refractivity contribution in [2.24, 2.45) is 7.05 Å². The highest BCUT2D eigenvalue weighted by atomic mass is 79.9.